The molecule has 2 bridgehead atoms. The van der Waals surface area contributed by atoms with Crippen LogP contribution in [0.5, 0.6) is 5.88 Å². The zero-order chi connectivity index (χ0) is 21.8. The molecule has 1 aliphatic carbocycles. The normalized spacial score (nSPS) is 27.0. The molecule has 2 saturated heterocycles. The smallest absolute Gasteiger partial charge is 0.434 e. The molecule has 3 fully saturated rings. The number of rotatable bonds is 9. The van der Waals surface area contributed by atoms with Crippen LogP contribution in [0.3, 0.4) is 0 Å². The molecule has 3 heterocycles. The highest BCUT2D eigenvalue weighted by molar-refractivity contribution is 5.72. The molecule has 6 nitrogen and oxygen atoms in total. The Labute approximate surface area is 174 Å². The zero-order valence-corrected chi connectivity index (χ0v) is 17.5. The molecule has 1 saturated carbocycles. The monoisotopic (exact) mass is 429 g/mol. The molecular weight excluding hydrogens is 399 g/mol. The Morgan fingerprint density at radius 2 is 2.10 bits per heavy atom. The van der Waals surface area contributed by atoms with Crippen LogP contribution in [0, 0.1) is 11.8 Å². The van der Waals surface area contributed by atoms with Crippen molar-refractivity contribution < 1.29 is 27.4 Å². The van der Waals surface area contributed by atoms with E-state index in [1.54, 1.807) is 0 Å². The maximum atomic E-state index is 12.7. The number of esters is 1. The van der Waals surface area contributed by atoms with E-state index in [4.69, 9.17) is 9.47 Å². The Balaban J connectivity index is 1.64. The van der Waals surface area contributed by atoms with E-state index >= 15 is 0 Å². The summed E-state index contributed by atoms with van der Waals surface area (Å²) in [6, 6.07) is 0. The van der Waals surface area contributed by atoms with E-state index in [-0.39, 0.29) is 17.8 Å². The summed E-state index contributed by atoms with van der Waals surface area (Å²) in [6.07, 6.45) is 3.84. The van der Waals surface area contributed by atoms with Crippen LogP contribution in [0.4, 0.5) is 13.2 Å². The lowest BCUT2D eigenvalue weighted by molar-refractivity contribution is -0.203. The SMILES string of the molecule is CCCCCCC(C)C(=O)O[C@]12CC[C@@H](CN1)C[C@H]2Oc1cnc(C(F)(F)F)cn1. The third-order valence-corrected chi connectivity index (χ3v) is 6.04. The van der Waals surface area contributed by atoms with E-state index < -0.39 is 23.7 Å². The molecule has 1 unspecified atom stereocenters. The molecular formula is C21H30F3N3O3. The first-order valence-corrected chi connectivity index (χ1v) is 10.8. The van der Waals surface area contributed by atoms with Gasteiger partial charge in [-0.1, -0.05) is 39.5 Å². The minimum atomic E-state index is -4.55. The predicted octanol–water partition coefficient (Wildman–Crippen LogP) is 4.49. The van der Waals surface area contributed by atoms with Gasteiger partial charge in [-0.3, -0.25) is 10.1 Å². The first-order chi connectivity index (χ1) is 14.2. The van der Waals surface area contributed by atoms with Crippen molar-refractivity contribution in [3.63, 3.8) is 0 Å². The Morgan fingerprint density at radius 3 is 2.70 bits per heavy atom. The number of halogens is 3. The van der Waals surface area contributed by atoms with Crippen molar-refractivity contribution in [2.24, 2.45) is 11.8 Å². The van der Waals surface area contributed by atoms with Gasteiger partial charge < -0.3 is 9.47 Å². The Kier molecular flexibility index (Phi) is 7.21. The summed E-state index contributed by atoms with van der Waals surface area (Å²) in [5, 5.41) is 3.30. The Morgan fingerprint density at radius 1 is 1.30 bits per heavy atom. The molecule has 30 heavy (non-hydrogen) atoms. The lowest BCUT2D eigenvalue weighted by atomic mass is 9.76. The van der Waals surface area contributed by atoms with E-state index in [9.17, 15) is 18.0 Å². The van der Waals surface area contributed by atoms with Gasteiger partial charge in [0.25, 0.3) is 0 Å². The number of unbranched alkanes of at least 4 members (excludes halogenated alkanes) is 3. The molecule has 2 aliphatic heterocycles. The van der Waals surface area contributed by atoms with Crippen LogP contribution in [0.2, 0.25) is 0 Å². The van der Waals surface area contributed by atoms with Gasteiger partial charge in [0.2, 0.25) is 11.6 Å². The van der Waals surface area contributed by atoms with Gasteiger partial charge in [0.05, 0.1) is 18.3 Å². The Bertz CT molecular complexity index is 704. The molecule has 0 aromatic carbocycles. The average molecular weight is 429 g/mol. The second kappa shape index (κ2) is 9.49. The fourth-order valence-electron chi connectivity index (χ4n) is 4.14. The maximum absolute atomic E-state index is 12.7. The van der Waals surface area contributed by atoms with Crippen molar-refractivity contribution in [2.45, 2.75) is 83.2 Å². The summed E-state index contributed by atoms with van der Waals surface area (Å²) in [7, 11) is 0. The summed E-state index contributed by atoms with van der Waals surface area (Å²) < 4.78 is 49.9. The molecule has 0 spiro atoms. The molecule has 1 aromatic rings. The highest BCUT2D eigenvalue weighted by Crippen LogP contribution is 2.40. The number of fused-ring (bicyclic) bond motifs is 3. The molecule has 168 valence electrons. The number of ether oxygens (including phenoxy) is 2. The molecule has 1 aromatic heterocycles. The predicted molar refractivity (Wildman–Crippen MR) is 104 cm³/mol. The summed E-state index contributed by atoms with van der Waals surface area (Å²) in [5.41, 5.74) is -2.05. The fourth-order valence-corrected chi connectivity index (χ4v) is 4.14. The fraction of sp³-hybridized carbons (Fsp3) is 0.762. The van der Waals surface area contributed by atoms with Crippen molar-refractivity contribution >= 4 is 5.97 Å². The number of carbonyl (C=O) groups excluding carboxylic acids is 1. The number of hydrogen-bond donors (Lipinski definition) is 1. The van der Waals surface area contributed by atoms with E-state index in [0.717, 1.165) is 51.3 Å². The van der Waals surface area contributed by atoms with Crippen LogP contribution >= 0.6 is 0 Å². The van der Waals surface area contributed by atoms with Crippen LogP contribution in [0.15, 0.2) is 12.4 Å². The van der Waals surface area contributed by atoms with Crippen LogP contribution < -0.4 is 10.1 Å². The van der Waals surface area contributed by atoms with Gasteiger partial charge in [-0.05, 0) is 25.2 Å². The highest BCUT2D eigenvalue weighted by atomic mass is 19.4. The van der Waals surface area contributed by atoms with Crippen molar-refractivity contribution in [1.82, 2.24) is 15.3 Å². The number of nitrogens with one attached hydrogen (secondary N) is 1. The quantitative estimate of drug-likeness (QED) is 0.461. The summed E-state index contributed by atoms with van der Waals surface area (Å²) in [5.74, 6) is -0.134. The van der Waals surface area contributed by atoms with Crippen LogP contribution in [0.25, 0.3) is 0 Å². The van der Waals surface area contributed by atoms with E-state index in [1.807, 2.05) is 6.92 Å². The molecule has 4 rings (SSSR count). The van der Waals surface area contributed by atoms with Crippen molar-refractivity contribution in [1.29, 1.82) is 0 Å². The average Bonchev–Trinajstić information content (AvgIpc) is 2.72. The highest BCUT2D eigenvalue weighted by Gasteiger charge is 2.53. The zero-order valence-electron chi connectivity index (χ0n) is 17.5. The van der Waals surface area contributed by atoms with Gasteiger partial charge in [-0.2, -0.15) is 13.2 Å². The van der Waals surface area contributed by atoms with Crippen LogP contribution in [-0.4, -0.2) is 34.3 Å². The van der Waals surface area contributed by atoms with Gasteiger partial charge in [0.15, 0.2) is 11.8 Å². The minimum absolute atomic E-state index is 0.00890. The van der Waals surface area contributed by atoms with Crippen molar-refractivity contribution in [3.05, 3.63) is 18.1 Å². The molecule has 1 N–H and O–H groups in total. The van der Waals surface area contributed by atoms with E-state index in [1.165, 1.54) is 0 Å². The summed E-state index contributed by atoms with van der Waals surface area (Å²) in [6.45, 7) is 4.73. The first-order valence-electron chi connectivity index (χ1n) is 10.8. The van der Waals surface area contributed by atoms with Gasteiger partial charge in [-0.15, -0.1) is 0 Å². The lowest BCUT2D eigenvalue weighted by Gasteiger charge is -2.50. The third-order valence-electron chi connectivity index (χ3n) is 6.04. The third kappa shape index (κ3) is 5.42. The Hall–Kier alpha value is -1.90. The number of hydrogen-bond acceptors (Lipinski definition) is 6. The molecule has 9 heteroatoms. The van der Waals surface area contributed by atoms with Gasteiger partial charge >= 0.3 is 12.1 Å². The largest absolute Gasteiger partial charge is 0.467 e. The van der Waals surface area contributed by atoms with Gasteiger partial charge in [0, 0.05) is 13.0 Å². The number of piperidine rings is 2. The topological polar surface area (TPSA) is 73.3 Å². The summed E-state index contributed by atoms with van der Waals surface area (Å²) >= 11 is 0. The number of carbonyl (C=O) groups is 1. The van der Waals surface area contributed by atoms with Gasteiger partial charge in [0.1, 0.15) is 0 Å². The van der Waals surface area contributed by atoms with E-state index in [2.05, 4.69) is 22.2 Å². The lowest BCUT2D eigenvalue weighted by Crippen LogP contribution is -2.67. The standard InChI is InChI=1S/C21H30F3N3O3/c1-3-4-5-6-7-14(2)19(28)30-20-9-8-15(11-27-20)10-17(20)29-18-13-25-16(12-26-18)21(22,23)24/h12-15,17,27H,3-11H2,1-2H3/t14?,15-,17-,20+/m1/s1. The molecule has 0 amide bonds. The molecule has 4 atom stereocenters. The summed E-state index contributed by atoms with van der Waals surface area (Å²) in [4.78, 5) is 19.9. The van der Waals surface area contributed by atoms with Gasteiger partial charge in [-0.25, -0.2) is 9.97 Å². The van der Waals surface area contributed by atoms with E-state index in [0.29, 0.717) is 25.0 Å². The molecule has 0 radical (unpaired) electrons. The first kappa shape index (κ1) is 22.8. The minimum Gasteiger partial charge on any atom is -0.467 e. The van der Waals surface area contributed by atoms with Crippen molar-refractivity contribution in [3.8, 4) is 5.88 Å². The second-order valence-electron chi connectivity index (χ2n) is 8.43. The van der Waals surface area contributed by atoms with Crippen LogP contribution in [0.1, 0.15) is 70.9 Å². The maximum Gasteiger partial charge on any atom is 0.434 e. The number of nitrogens with zero attached hydrogens (tertiary/aromatic N) is 2. The second-order valence-corrected chi connectivity index (χ2v) is 8.43. The number of aromatic nitrogens is 2. The van der Waals surface area contributed by atoms with Crippen LogP contribution in [-0.2, 0) is 15.7 Å². The number of alkyl halides is 3. The van der Waals surface area contributed by atoms with Crippen molar-refractivity contribution in [2.75, 3.05) is 6.54 Å². The molecule has 3 aliphatic rings.